The molecule has 0 saturated carbocycles. The molecule has 1 heterocycles. The zero-order valence-corrected chi connectivity index (χ0v) is 10.7. The third-order valence-electron chi connectivity index (χ3n) is 2.75. The Bertz CT molecular complexity index is 368. The van der Waals surface area contributed by atoms with Gasteiger partial charge in [0.2, 0.25) is 0 Å². The standard InChI is InChI=1S/C13H21NO3/c1-4-10-5-6-11(17-10)12(16)14-9-13(2,3)7-8-15/h5-6,15H,4,7-9H2,1-3H3,(H,14,16). The van der Waals surface area contributed by atoms with Gasteiger partial charge in [-0.25, -0.2) is 0 Å². The zero-order chi connectivity index (χ0) is 12.9. The summed E-state index contributed by atoms with van der Waals surface area (Å²) in [5, 5.41) is 11.7. The number of hydrogen-bond donors (Lipinski definition) is 2. The maximum Gasteiger partial charge on any atom is 0.287 e. The molecule has 0 unspecified atom stereocenters. The van der Waals surface area contributed by atoms with Crippen LogP contribution in [-0.2, 0) is 6.42 Å². The second-order valence-corrected chi connectivity index (χ2v) is 4.94. The average Bonchev–Trinajstić information content (AvgIpc) is 2.74. The van der Waals surface area contributed by atoms with Gasteiger partial charge >= 0.3 is 0 Å². The van der Waals surface area contributed by atoms with Crippen LogP contribution in [0.3, 0.4) is 0 Å². The Morgan fingerprint density at radius 1 is 1.47 bits per heavy atom. The van der Waals surface area contributed by atoms with Crippen molar-refractivity contribution in [3.63, 3.8) is 0 Å². The van der Waals surface area contributed by atoms with Gasteiger partial charge in [0.1, 0.15) is 5.76 Å². The highest BCUT2D eigenvalue weighted by molar-refractivity contribution is 5.91. The molecule has 0 fully saturated rings. The zero-order valence-electron chi connectivity index (χ0n) is 10.7. The van der Waals surface area contributed by atoms with E-state index in [-0.39, 0.29) is 17.9 Å². The lowest BCUT2D eigenvalue weighted by Gasteiger charge is -2.23. The minimum atomic E-state index is -0.198. The van der Waals surface area contributed by atoms with E-state index in [1.807, 2.05) is 26.8 Å². The summed E-state index contributed by atoms with van der Waals surface area (Å²) in [6, 6.07) is 3.50. The first-order valence-electron chi connectivity index (χ1n) is 5.96. The van der Waals surface area contributed by atoms with Crippen molar-refractivity contribution in [3.05, 3.63) is 23.7 Å². The molecule has 0 aliphatic heterocycles. The monoisotopic (exact) mass is 239 g/mol. The van der Waals surface area contributed by atoms with Gasteiger partial charge in [-0.2, -0.15) is 0 Å². The SMILES string of the molecule is CCc1ccc(C(=O)NCC(C)(C)CCO)o1. The van der Waals surface area contributed by atoms with E-state index in [0.717, 1.165) is 12.2 Å². The molecule has 1 amide bonds. The highest BCUT2D eigenvalue weighted by Crippen LogP contribution is 2.18. The fourth-order valence-electron chi connectivity index (χ4n) is 1.49. The molecule has 0 spiro atoms. The second-order valence-electron chi connectivity index (χ2n) is 4.94. The first-order valence-corrected chi connectivity index (χ1v) is 5.96. The van der Waals surface area contributed by atoms with Crippen molar-refractivity contribution in [1.29, 1.82) is 0 Å². The number of carbonyl (C=O) groups is 1. The van der Waals surface area contributed by atoms with Crippen molar-refractivity contribution in [3.8, 4) is 0 Å². The van der Waals surface area contributed by atoms with Crippen LogP contribution in [-0.4, -0.2) is 24.2 Å². The molecule has 1 aromatic rings. The maximum atomic E-state index is 11.8. The molecule has 1 rings (SSSR count). The van der Waals surface area contributed by atoms with E-state index in [4.69, 9.17) is 9.52 Å². The number of aliphatic hydroxyl groups is 1. The van der Waals surface area contributed by atoms with Crippen molar-refractivity contribution >= 4 is 5.91 Å². The van der Waals surface area contributed by atoms with E-state index in [0.29, 0.717) is 18.7 Å². The average molecular weight is 239 g/mol. The van der Waals surface area contributed by atoms with Crippen LogP contribution in [0.15, 0.2) is 16.5 Å². The molecule has 0 aromatic carbocycles. The van der Waals surface area contributed by atoms with Crippen molar-refractivity contribution in [2.45, 2.75) is 33.6 Å². The Hall–Kier alpha value is -1.29. The van der Waals surface area contributed by atoms with Crippen LogP contribution in [0, 0.1) is 5.41 Å². The third-order valence-corrected chi connectivity index (χ3v) is 2.75. The number of nitrogens with one attached hydrogen (secondary N) is 1. The number of aliphatic hydroxyl groups excluding tert-OH is 1. The van der Waals surface area contributed by atoms with Crippen molar-refractivity contribution < 1.29 is 14.3 Å². The summed E-state index contributed by atoms with van der Waals surface area (Å²) in [5.41, 5.74) is -0.107. The summed E-state index contributed by atoms with van der Waals surface area (Å²) in [6.45, 7) is 6.63. The van der Waals surface area contributed by atoms with Gasteiger partial charge < -0.3 is 14.8 Å². The van der Waals surface area contributed by atoms with Gasteiger partial charge in [-0.3, -0.25) is 4.79 Å². The van der Waals surface area contributed by atoms with Crippen LogP contribution in [0.5, 0.6) is 0 Å². The molecule has 17 heavy (non-hydrogen) atoms. The van der Waals surface area contributed by atoms with Crippen LogP contribution in [0.25, 0.3) is 0 Å². The lowest BCUT2D eigenvalue weighted by Crippen LogP contribution is -2.34. The Balaban J connectivity index is 2.49. The molecular weight excluding hydrogens is 218 g/mol. The lowest BCUT2D eigenvalue weighted by molar-refractivity contribution is 0.0899. The molecule has 0 radical (unpaired) electrons. The number of aryl methyl sites for hydroxylation is 1. The minimum Gasteiger partial charge on any atom is -0.456 e. The summed E-state index contributed by atoms with van der Waals surface area (Å²) in [6.07, 6.45) is 1.44. The number of amides is 1. The molecular formula is C13H21NO3. The number of rotatable bonds is 6. The topological polar surface area (TPSA) is 62.5 Å². The Labute approximate surface area is 102 Å². The predicted octanol–water partition coefficient (Wildman–Crippen LogP) is 1.98. The van der Waals surface area contributed by atoms with Crippen LogP contribution in [0.2, 0.25) is 0 Å². The van der Waals surface area contributed by atoms with Crippen molar-refractivity contribution in [2.24, 2.45) is 5.41 Å². The second kappa shape index (κ2) is 5.87. The van der Waals surface area contributed by atoms with Gasteiger partial charge in [-0.15, -0.1) is 0 Å². The number of hydrogen-bond acceptors (Lipinski definition) is 3. The van der Waals surface area contributed by atoms with Gasteiger partial charge in [0.25, 0.3) is 5.91 Å². The maximum absolute atomic E-state index is 11.8. The summed E-state index contributed by atoms with van der Waals surface area (Å²) >= 11 is 0. The Morgan fingerprint density at radius 2 is 2.18 bits per heavy atom. The summed E-state index contributed by atoms with van der Waals surface area (Å²) in [4.78, 5) is 11.8. The Kier molecular flexibility index (Phi) is 4.75. The number of furan rings is 1. The molecule has 0 aliphatic rings. The third kappa shape index (κ3) is 4.23. The highest BCUT2D eigenvalue weighted by atomic mass is 16.3. The molecule has 4 nitrogen and oxygen atoms in total. The van der Waals surface area contributed by atoms with E-state index in [1.54, 1.807) is 6.07 Å². The van der Waals surface area contributed by atoms with E-state index in [9.17, 15) is 4.79 Å². The highest BCUT2D eigenvalue weighted by Gasteiger charge is 2.19. The van der Waals surface area contributed by atoms with Gasteiger partial charge in [-0.05, 0) is 24.0 Å². The van der Waals surface area contributed by atoms with Crippen molar-refractivity contribution in [1.82, 2.24) is 5.32 Å². The van der Waals surface area contributed by atoms with Gasteiger partial charge in [0.05, 0.1) is 0 Å². The van der Waals surface area contributed by atoms with Crippen LogP contribution < -0.4 is 5.32 Å². The lowest BCUT2D eigenvalue weighted by atomic mass is 9.90. The van der Waals surface area contributed by atoms with Crippen LogP contribution in [0.1, 0.15) is 43.5 Å². The summed E-state index contributed by atoms with van der Waals surface area (Å²) in [7, 11) is 0. The van der Waals surface area contributed by atoms with Crippen molar-refractivity contribution in [2.75, 3.05) is 13.2 Å². The summed E-state index contributed by atoms with van der Waals surface area (Å²) in [5.74, 6) is 0.960. The Morgan fingerprint density at radius 3 is 2.71 bits per heavy atom. The largest absolute Gasteiger partial charge is 0.456 e. The summed E-state index contributed by atoms with van der Waals surface area (Å²) < 4.78 is 5.36. The first-order chi connectivity index (χ1) is 7.98. The molecule has 0 aliphatic carbocycles. The van der Waals surface area contributed by atoms with E-state index in [2.05, 4.69) is 5.32 Å². The molecule has 96 valence electrons. The first kappa shape index (κ1) is 13.8. The van der Waals surface area contributed by atoms with Gasteiger partial charge in [0, 0.05) is 19.6 Å². The fraction of sp³-hybridized carbons (Fsp3) is 0.615. The van der Waals surface area contributed by atoms with Gasteiger partial charge in [0.15, 0.2) is 5.76 Å². The van der Waals surface area contributed by atoms with E-state index in [1.165, 1.54) is 0 Å². The van der Waals surface area contributed by atoms with Crippen LogP contribution >= 0.6 is 0 Å². The predicted molar refractivity (Wildman–Crippen MR) is 65.9 cm³/mol. The quantitative estimate of drug-likeness (QED) is 0.798. The van der Waals surface area contributed by atoms with Gasteiger partial charge in [-0.1, -0.05) is 20.8 Å². The molecule has 2 N–H and O–H groups in total. The van der Waals surface area contributed by atoms with E-state index < -0.39 is 0 Å². The molecule has 4 heteroatoms. The molecule has 0 saturated heterocycles. The number of carbonyl (C=O) groups excluding carboxylic acids is 1. The molecule has 1 aromatic heterocycles. The van der Waals surface area contributed by atoms with E-state index >= 15 is 0 Å². The normalized spacial score (nSPS) is 11.5. The molecule has 0 bridgehead atoms. The smallest absolute Gasteiger partial charge is 0.287 e. The molecule has 0 atom stereocenters. The van der Waals surface area contributed by atoms with Crippen LogP contribution in [0.4, 0.5) is 0 Å². The minimum absolute atomic E-state index is 0.107. The fourth-order valence-corrected chi connectivity index (χ4v) is 1.49.